The molecule has 0 atom stereocenters. The maximum atomic E-state index is 2.42. The minimum atomic E-state index is 1.18. The first-order chi connectivity index (χ1) is 16.8. The van der Waals surface area contributed by atoms with E-state index in [0.717, 1.165) is 0 Å². The Hall–Kier alpha value is -3.66. The lowest BCUT2D eigenvalue weighted by atomic mass is 10.1. The van der Waals surface area contributed by atoms with E-state index in [4.69, 9.17) is 0 Å². The molecule has 0 radical (unpaired) electrons. The van der Waals surface area contributed by atoms with Gasteiger partial charge in [0.15, 0.2) is 0 Å². The van der Waals surface area contributed by atoms with Crippen molar-refractivity contribution in [2.24, 2.45) is 0 Å². The number of nitrogens with zero attached hydrogens (tertiary/aromatic N) is 1. The van der Waals surface area contributed by atoms with E-state index in [1.165, 1.54) is 63.0 Å². The molecule has 1 nitrogen and oxygen atoms in total. The number of thiophene rings is 2. The predicted octanol–water partition coefficient (Wildman–Crippen LogP) is 10.2. The lowest BCUT2D eigenvalue weighted by molar-refractivity contribution is 1.30. The van der Waals surface area contributed by atoms with Crippen molar-refractivity contribution in [2.45, 2.75) is 6.92 Å². The third kappa shape index (κ3) is 3.05. The molecule has 2 heterocycles. The molecule has 2 aromatic heterocycles. The zero-order valence-corrected chi connectivity index (χ0v) is 20.3. The molecule has 0 bridgehead atoms. The van der Waals surface area contributed by atoms with E-state index in [9.17, 15) is 0 Å². The molecule has 0 fully saturated rings. The highest BCUT2D eigenvalue weighted by Gasteiger charge is 2.18. The number of benzene rings is 5. The summed E-state index contributed by atoms with van der Waals surface area (Å²) in [6, 6.07) is 39.9. The molecule has 0 aliphatic rings. The summed E-state index contributed by atoms with van der Waals surface area (Å²) >= 11 is 3.74. The van der Waals surface area contributed by atoms with Gasteiger partial charge in [-0.05, 0) is 55.5 Å². The monoisotopic (exact) mass is 471 g/mol. The van der Waals surface area contributed by atoms with Crippen LogP contribution >= 0.6 is 22.7 Å². The lowest BCUT2D eigenvalue weighted by Gasteiger charge is -2.26. The van der Waals surface area contributed by atoms with E-state index >= 15 is 0 Å². The number of anilines is 3. The highest BCUT2D eigenvalue weighted by molar-refractivity contribution is 7.26. The number of fused-ring (bicyclic) bond motifs is 6. The summed E-state index contributed by atoms with van der Waals surface area (Å²) < 4.78 is 5.31. The second-order valence-corrected chi connectivity index (χ2v) is 10.8. The molecule has 0 spiro atoms. The van der Waals surface area contributed by atoms with E-state index in [1.807, 2.05) is 22.7 Å². The third-order valence-corrected chi connectivity index (χ3v) is 8.90. The van der Waals surface area contributed by atoms with Gasteiger partial charge in [0, 0.05) is 47.0 Å². The van der Waals surface area contributed by atoms with Gasteiger partial charge in [-0.1, -0.05) is 66.2 Å². The summed E-state index contributed by atoms with van der Waals surface area (Å²) in [4.78, 5) is 2.42. The van der Waals surface area contributed by atoms with Gasteiger partial charge in [-0.25, -0.2) is 0 Å². The average molecular weight is 472 g/mol. The molecule has 34 heavy (non-hydrogen) atoms. The minimum Gasteiger partial charge on any atom is -0.309 e. The predicted molar refractivity (Wildman–Crippen MR) is 152 cm³/mol. The van der Waals surface area contributed by atoms with Crippen molar-refractivity contribution < 1.29 is 0 Å². The molecule has 0 saturated heterocycles. The lowest BCUT2D eigenvalue weighted by Crippen LogP contribution is -2.10. The Morgan fingerprint density at radius 2 is 1.12 bits per heavy atom. The van der Waals surface area contributed by atoms with Crippen molar-refractivity contribution in [3.63, 3.8) is 0 Å². The van der Waals surface area contributed by atoms with Gasteiger partial charge in [0.1, 0.15) is 0 Å². The second kappa shape index (κ2) is 7.69. The van der Waals surface area contributed by atoms with E-state index in [2.05, 4.69) is 121 Å². The topological polar surface area (TPSA) is 3.24 Å². The smallest absolute Gasteiger partial charge is 0.0640 e. The van der Waals surface area contributed by atoms with Crippen LogP contribution in [0.15, 0.2) is 109 Å². The quantitative estimate of drug-likeness (QED) is 0.248. The maximum absolute atomic E-state index is 2.42. The summed E-state index contributed by atoms with van der Waals surface area (Å²) in [5, 5.41) is 5.29. The Morgan fingerprint density at radius 3 is 1.91 bits per heavy atom. The molecule has 0 aliphatic carbocycles. The van der Waals surface area contributed by atoms with Crippen molar-refractivity contribution in [2.75, 3.05) is 4.90 Å². The highest BCUT2D eigenvalue weighted by atomic mass is 32.1. The van der Waals surface area contributed by atoms with Gasteiger partial charge in [-0.15, -0.1) is 22.7 Å². The van der Waals surface area contributed by atoms with Gasteiger partial charge < -0.3 is 4.90 Å². The fourth-order valence-corrected chi connectivity index (χ4v) is 7.18. The van der Waals surface area contributed by atoms with Crippen molar-refractivity contribution in [1.82, 2.24) is 0 Å². The number of hydrogen-bond donors (Lipinski definition) is 0. The number of rotatable bonds is 3. The Balaban J connectivity index is 1.53. The first-order valence-corrected chi connectivity index (χ1v) is 13.1. The van der Waals surface area contributed by atoms with Crippen LogP contribution in [0.1, 0.15) is 5.56 Å². The van der Waals surface area contributed by atoms with Crippen LogP contribution in [-0.2, 0) is 0 Å². The third-order valence-electron chi connectivity index (χ3n) is 6.54. The molecule has 3 heteroatoms. The molecule has 0 unspecified atom stereocenters. The van der Waals surface area contributed by atoms with Crippen LogP contribution in [0.3, 0.4) is 0 Å². The molecular weight excluding hydrogens is 450 g/mol. The van der Waals surface area contributed by atoms with E-state index < -0.39 is 0 Å². The van der Waals surface area contributed by atoms with E-state index in [-0.39, 0.29) is 0 Å². The van der Waals surface area contributed by atoms with Crippen LogP contribution in [0.25, 0.3) is 40.3 Å². The number of hydrogen-bond acceptors (Lipinski definition) is 3. The van der Waals surface area contributed by atoms with Gasteiger partial charge in [0.05, 0.1) is 10.4 Å². The van der Waals surface area contributed by atoms with Crippen molar-refractivity contribution in [3.05, 3.63) is 115 Å². The molecule has 5 aromatic carbocycles. The zero-order chi connectivity index (χ0) is 22.6. The SMILES string of the molecule is Cc1ccc(N(c2ccc3sc4ccccc4c3c2)c2cccc3c2sc2ccccc23)cc1. The number of aryl methyl sites for hydroxylation is 1. The van der Waals surface area contributed by atoms with Gasteiger partial charge in [-0.2, -0.15) is 0 Å². The fraction of sp³-hybridized carbons (Fsp3) is 0.0323. The molecule has 7 rings (SSSR count). The van der Waals surface area contributed by atoms with Crippen LogP contribution < -0.4 is 4.90 Å². The molecule has 162 valence electrons. The molecule has 0 amide bonds. The molecule has 0 saturated carbocycles. The Kier molecular flexibility index (Phi) is 4.48. The fourth-order valence-electron chi connectivity index (χ4n) is 4.88. The molecule has 7 aromatic rings. The van der Waals surface area contributed by atoms with Gasteiger partial charge >= 0.3 is 0 Å². The summed E-state index contributed by atoms with van der Waals surface area (Å²) in [6.45, 7) is 2.14. The summed E-state index contributed by atoms with van der Waals surface area (Å²) in [5.41, 5.74) is 4.85. The second-order valence-electron chi connectivity index (χ2n) is 8.70. The standard InChI is InChI=1S/C31H21NS2/c1-20-13-15-21(16-14-20)32(22-17-18-30-26(19-22)24-8-3-4-11-28(24)33-30)27-10-6-9-25-23-7-2-5-12-29(23)34-31(25)27/h2-19H,1H3. The van der Waals surface area contributed by atoms with Crippen LogP contribution in [0.4, 0.5) is 17.1 Å². The maximum Gasteiger partial charge on any atom is 0.0640 e. The van der Waals surface area contributed by atoms with Gasteiger partial charge in [0.2, 0.25) is 0 Å². The Bertz CT molecular complexity index is 1820. The van der Waals surface area contributed by atoms with E-state index in [1.54, 1.807) is 0 Å². The minimum absolute atomic E-state index is 1.18. The average Bonchev–Trinajstić information content (AvgIpc) is 3.44. The van der Waals surface area contributed by atoms with Crippen LogP contribution in [0, 0.1) is 6.92 Å². The van der Waals surface area contributed by atoms with Gasteiger partial charge in [-0.3, -0.25) is 0 Å². The van der Waals surface area contributed by atoms with Crippen molar-refractivity contribution >= 4 is 80.1 Å². The largest absolute Gasteiger partial charge is 0.309 e. The first-order valence-electron chi connectivity index (χ1n) is 11.4. The Labute approximate surface area is 206 Å². The molecule has 0 N–H and O–H groups in total. The van der Waals surface area contributed by atoms with Crippen molar-refractivity contribution in [3.8, 4) is 0 Å². The van der Waals surface area contributed by atoms with Crippen LogP contribution in [-0.4, -0.2) is 0 Å². The highest BCUT2D eigenvalue weighted by Crippen LogP contribution is 2.46. The Morgan fingerprint density at radius 1 is 0.500 bits per heavy atom. The van der Waals surface area contributed by atoms with E-state index in [0.29, 0.717) is 0 Å². The van der Waals surface area contributed by atoms with Crippen LogP contribution in [0.2, 0.25) is 0 Å². The first kappa shape index (κ1) is 19.8. The molecular formula is C31H21NS2. The van der Waals surface area contributed by atoms with Crippen molar-refractivity contribution in [1.29, 1.82) is 0 Å². The summed E-state index contributed by atoms with van der Waals surface area (Å²) in [5.74, 6) is 0. The zero-order valence-electron chi connectivity index (χ0n) is 18.7. The summed E-state index contributed by atoms with van der Waals surface area (Å²) in [7, 11) is 0. The van der Waals surface area contributed by atoms with Gasteiger partial charge in [0.25, 0.3) is 0 Å². The van der Waals surface area contributed by atoms with Crippen LogP contribution in [0.5, 0.6) is 0 Å². The summed E-state index contributed by atoms with van der Waals surface area (Å²) in [6.07, 6.45) is 0. The normalized spacial score (nSPS) is 11.7. The molecule has 0 aliphatic heterocycles.